The van der Waals surface area contributed by atoms with Gasteiger partial charge in [0.05, 0.1) is 18.0 Å². The first-order valence-corrected chi connectivity index (χ1v) is 9.34. The molecule has 1 aliphatic rings. The van der Waals surface area contributed by atoms with Gasteiger partial charge < -0.3 is 15.2 Å². The summed E-state index contributed by atoms with van der Waals surface area (Å²) in [4.78, 5) is 5.09. The van der Waals surface area contributed by atoms with E-state index in [1.807, 2.05) is 0 Å². The second-order valence-electron chi connectivity index (χ2n) is 6.49. The Balaban J connectivity index is 1.50. The molecule has 0 atom stereocenters. The normalized spacial score (nSPS) is 20.7. The third kappa shape index (κ3) is 4.33. The van der Waals surface area contributed by atoms with Crippen molar-refractivity contribution in [2.24, 2.45) is 0 Å². The minimum Gasteiger partial charge on any atom is -0.406 e. The Morgan fingerprint density at radius 3 is 2.70 bits per heavy atom. The summed E-state index contributed by atoms with van der Waals surface area (Å²) in [5.74, 6) is -0.286. The third-order valence-corrected chi connectivity index (χ3v) is 5.28. The molecule has 144 valence electrons. The standard InChI is InChI=1S/C17H17F3N4O2S/c18-17(19,20)26-13-3-1-2-10(8-13)14-9-24-16(22-14)27-15(23-24)21-11-4-6-12(25)7-5-11/h1-3,8-9,11-12,25H,4-7H2,(H,21,23). The highest BCUT2D eigenvalue weighted by Gasteiger charge is 2.31. The van der Waals surface area contributed by atoms with Crippen LogP contribution in [-0.2, 0) is 0 Å². The van der Waals surface area contributed by atoms with Crippen molar-refractivity contribution in [1.82, 2.24) is 14.6 Å². The molecule has 27 heavy (non-hydrogen) atoms. The number of nitrogens with one attached hydrogen (secondary N) is 1. The molecule has 10 heteroatoms. The topological polar surface area (TPSA) is 71.7 Å². The largest absolute Gasteiger partial charge is 0.573 e. The van der Waals surface area contributed by atoms with E-state index in [1.54, 1.807) is 16.8 Å². The van der Waals surface area contributed by atoms with Crippen molar-refractivity contribution in [2.45, 2.75) is 44.2 Å². The van der Waals surface area contributed by atoms with Crippen LogP contribution in [0.1, 0.15) is 25.7 Å². The van der Waals surface area contributed by atoms with Crippen molar-refractivity contribution >= 4 is 21.4 Å². The average molecular weight is 398 g/mol. The van der Waals surface area contributed by atoms with Crippen LogP contribution in [0.25, 0.3) is 16.2 Å². The van der Waals surface area contributed by atoms with Crippen LogP contribution in [0.2, 0.25) is 0 Å². The molecule has 1 aliphatic carbocycles. The number of ether oxygens (including phenoxy) is 1. The van der Waals surface area contributed by atoms with Crippen molar-refractivity contribution in [2.75, 3.05) is 5.32 Å². The highest BCUT2D eigenvalue weighted by Crippen LogP contribution is 2.30. The van der Waals surface area contributed by atoms with Gasteiger partial charge in [-0.15, -0.1) is 18.3 Å². The molecule has 1 fully saturated rings. The van der Waals surface area contributed by atoms with Gasteiger partial charge in [-0.05, 0) is 37.8 Å². The Labute approximate surface area is 156 Å². The molecule has 0 saturated heterocycles. The van der Waals surface area contributed by atoms with E-state index in [0.29, 0.717) is 16.2 Å². The Morgan fingerprint density at radius 1 is 1.22 bits per heavy atom. The van der Waals surface area contributed by atoms with Crippen LogP contribution in [0, 0.1) is 0 Å². The van der Waals surface area contributed by atoms with Crippen LogP contribution < -0.4 is 10.1 Å². The maximum Gasteiger partial charge on any atom is 0.573 e. The van der Waals surface area contributed by atoms with E-state index in [1.165, 1.54) is 29.5 Å². The summed E-state index contributed by atoms with van der Waals surface area (Å²) >= 11 is 1.38. The molecule has 0 radical (unpaired) electrons. The Hall–Kier alpha value is -2.33. The monoisotopic (exact) mass is 398 g/mol. The van der Waals surface area contributed by atoms with Gasteiger partial charge in [0, 0.05) is 11.6 Å². The van der Waals surface area contributed by atoms with Crippen LogP contribution >= 0.6 is 11.3 Å². The lowest BCUT2D eigenvalue weighted by molar-refractivity contribution is -0.274. The van der Waals surface area contributed by atoms with Crippen molar-refractivity contribution in [3.05, 3.63) is 30.5 Å². The average Bonchev–Trinajstić information content (AvgIpc) is 3.14. The number of halogens is 3. The van der Waals surface area contributed by atoms with Gasteiger partial charge in [0.25, 0.3) is 0 Å². The molecule has 0 bridgehead atoms. The Morgan fingerprint density at radius 2 is 2.00 bits per heavy atom. The van der Waals surface area contributed by atoms with E-state index in [9.17, 15) is 18.3 Å². The second-order valence-corrected chi connectivity index (χ2v) is 7.44. The number of anilines is 1. The molecule has 0 aliphatic heterocycles. The summed E-state index contributed by atoms with van der Waals surface area (Å²) in [5.41, 5.74) is 1.04. The summed E-state index contributed by atoms with van der Waals surface area (Å²) in [5, 5.41) is 18.1. The number of aliphatic hydroxyl groups is 1. The number of imidazole rings is 1. The van der Waals surface area contributed by atoms with Crippen molar-refractivity contribution < 1.29 is 23.0 Å². The fourth-order valence-electron chi connectivity index (χ4n) is 3.14. The summed E-state index contributed by atoms with van der Waals surface area (Å²) in [6.07, 6.45) is 0.0668. The van der Waals surface area contributed by atoms with Gasteiger partial charge in [-0.2, -0.15) is 0 Å². The fourth-order valence-corrected chi connectivity index (χ4v) is 4.00. The van der Waals surface area contributed by atoms with Crippen molar-refractivity contribution in [1.29, 1.82) is 0 Å². The first kappa shape index (κ1) is 18.1. The minimum atomic E-state index is -4.73. The first-order valence-electron chi connectivity index (χ1n) is 8.53. The predicted octanol–water partition coefficient (Wildman–Crippen LogP) is 4.07. The van der Waals surface area contributed by atoms with Crippen molar-refractivity contribution in [3.8, 4) is 17.0 Å². The highest BCUT2D eigenvalue weighted by molar-refractivity contribution is 7.20. The lowest BCUT2D eigenvalue weighted by Crippen LogP contribution is -2.28. The van der Waals surface area contributed by atoms with E-state index in [4.69, 9.17) is 0 Å². The molecule has 1 aromatic carbocycles. The molecule has 4 rings (SSSR count). The van der Waals surface area contributed by atoms with Gasteiger partial charge in [-0.1, -0.05) is 23.5 Å². The van der Waals surface area contributed by atoms with Crippen LogP contribution in [0.5, 0.6) is 5.75 Å². The quantitative estimate of drug-likeness (QED) is 0.693. The number of benzene rings is 1. The molecule has 2 aromatic heterocycles. The molecular weight excluding hydrogens is 381 g/mol. The minimum absolute atomic E-state index is 0.212. The molecule has 2 N–H and O–H groups in total. The van der Waals surface area contributed by atoms with Crippen LogP contribution in [0.3, 0.4) is 0 Å². The van der Waals surface area contributed by atoms with Gasteiger partial charge in [-0.3, -0.25) is 0 Å². The molecule has 6 nitrogen and oxygen atoms in total. The molecule has 0 amide bonds. The molecular formula is C17H17F3N4O2S. The summed E-state index contributed by atoms with van der Waals surface area (Å²) < 4.78 is 42.7. The smallest absolute Gasteiger partial charge is 0.406 e. The summed E-state index contributed by atoms with van der Waals surface area (Å²) in [6.45, 7) is 0. The summed E-state index contributed by atoms with van der Waals surface area (Å²) in [7, 11) is 0. The lowest BCUT2D eigenvalue weighted by Gasteiger charge is -2.25. The van der Waals surface area contributed by atoms with E-state index < -0.39 is 6.36 Å². The first-order chi connectivity index (χ1) is 12.9. The van der Waals surface area contributed by atoms with E-state index in [0.717, 1.165) is 30.8 Å². The molecule has 0 spiro atoms. The number of aromatic nitrogens is 3. The molecule has 1 saturated carbocycles. The lowest BCUT2D eigenvalue weighted by atomic mass is 9.93. The Kier molecular flexibility index (Phi) is 4.68. The number of nitrogens with zero attached hydrogens (tertiary/aromatic N) is 3. The van der Waals surface area contributed by atoms with E-state index in [-0.39, 0.29) is 17.9 Å². The van der Waals surface area contributed by atoms with Crippen molar-refractivity contribution in [3.63, 3.8) is 0 Å². The van der Waals surface area contributed by atoms with Crippen LogP contribution in [-0.4, -0.2) is 38.2 Å². The molecule has 3 aromatic rings. The predicted molar refractivity (Wildman–Crippen MR) is 94.9 cm³/mol. The van der Waals surface area contributed by atoms with Crippen LogP contribution in [0.4, 0.5) is 18.3 Å². The van der Waals surface area contributed by atoms with Gasteiger partial charge in [0.2, 0.25) is 10.1 Å². The maximum absolute atomic E-state index is 12.4. The Bertz CT molecular complexity index is 900. The van der Waals surface area contributed by atoms with Gasteiger partial charge in [-0.25, -0.2) is 9.50 Å². The SMILES string of the molecule is OC1CCC(Nc2nn3cc(-c4cccc(OC(F)(F)F)c4)nc3s2)CC1. The van der Waals surface area contributed by atoms with Crippen LogP contribution in [0.15, 0.2) is 30.5 Å². The number of alkyl halides is 3. The number of fused-ring (bicyclic) bond motifs is 1. The fraction of sp³-hybridized carbons (Fsp3) is 0.412. The zero-order chi connectivity index (χ0) is 19.0. The molecule has 2 heterocycles. The number of rotatable bonds is 4. The molecule has 0 unspecified atom stereocenters. The van der Waals surface area contributed by atoms with E-state index >= 15 is 0 Å². The van der Waals surface area contributed by atoms with Gasteiger partial charge in [0.1, 0.15) is 5.75 Å². The van der Waals surface area contributed by atoms with Gasteiger partial charge >= 0.3 is 6.36 Å². The zero-order valence-corrected chi connectivity index (χ0v) is 14.9. The maximum atomic E-state index is 12.4. The second kappa shape index (κ2) is 7.01. The highest BCUT2D eigenvalue weighted by atomic mass is 32.1. The zero-order valence-electron chi connectivity index (χ0n) is 14.1. The number of hydrogen-bond donors (Lipinski definition) is 2. The number of aliphatic hydroxyl groups excluding tert-OH is 1. The summed E-state index contributed by atoms with van der Waals surface area (Å²) in [6, 6.07) is 5.98. The van der Waals surface area contributed by atoms with E-state index in [2.05, 4.69) is 20.1 Å². The third-order valence-electron chi connectivity index (χ3n) is 4.43. The number of hydrogen-bond acceptors (Lipinski definition) is 6. The van der Waals surface area contributed by atoms with Gasteiger partial charge in [0.15, 0.2) is 0 Å².